The minimum atomic E-state index is -0.174. The number of nitrogens with one attached hydrogen (secondary N) is 1. The fraction of sp³-hybridized carbons (Fsp3) is 0.143. The number of carbonyl (C=O) groups excluding carboxylic acids is 1. The van der Waals surface area contributed by atoms with Crippen molar-refractivity contribution in [1.29, 1.82) is 0 Å². The van der Waals surface area contributed by atoms with Crippen LogP contribution < -0.4 is 5.56 Å². The van der Waals surface area contributed by atoms with Crippen molar-refractivity contribution in [3.05, 3.63) is 57.7 Å². The van der Waals surface area contributed by atoms with Crippen molar-refractivity contribution in [2.75, 3.05) is 7.05 Å². The predicted octanol–water partition coefficient (Wildman–Crippen LogP) is 1.65. The van der Waals surface area contributed by atoms with Crippen molar-refractivity contribution in [2.24, 2.45) is 0 Å². The summed E-state index contributed by atoms with van der Waals surface area (Å²) in [5.74, 6) is 0.293. The molecule has 0 fully saturated rings. The second-order valence-electron chi connectivity index (χ2n) is 4.55. The summed E-state index contributed by atoms with van der Waals surface area (Å²) in [5.41, 5.74) is 0.979. The summed E-state index contributed by atoms with van der Waals surface area (Å²) in [7, 11) is 1.66. The van der Waals surface area contributed by atoms with Crippen LogP contribution >= 0.6 is 11.3 Å². The Bertz CT molecular complexity index is 841. The van der Waals surface area contributed by atoms with Gasteiger partial charge in [-0.05, 0) is 23.6 Å². The monoisotopic (exact) mass is 300 g/mol. The normalized spacial score (nSPS) is 10.7. The molecule has 0 bridgehead atoms. The molecule has 7 heteroatoms. The van der Waals surface area contributed by atoms with Gasteiger partial charge in [0.1, 0.15) is 10.5 Å². The van der Waals surface area contributed by atoms with Gasteiger partial charge in [-0.15, -0.1) is 11.3 Å². The number of H-pyrrole nitrogens is 1. The van der Waals surface area contributed by atoms with Crippen LogP contribution in [0.5, 0.6) is 0 Å². The van der Waals surface area contributed by atoms with E-state index in [0.29, 0.717) is 21.6 Å². The molecule has 21 heavy (non-hydrogen) atoms. The topological polar surface area (TPSA) is 79.0 Å². The molecule has 3 heterocycles. The van der Waals surface area contributed by atoms with Gasteiger partial charge < -0.3 is 9.88 Å². The summed E-state index contributed by atoms with van der Waals surface area (Å²) >= 11 is 1.35. The molecule has 0 aromatic carbocycles. The number of amides is 1. The standard InChI is InChI=1S/C14H12N4O2S/c1-18(14(20)9-3-2-5-15-7-9)8-11-16-10-4-6-21-12(10)13(19)17-11/h2-7H,8H2,1H3,(H,16,17,19). The number of nitrogens with zero attached hydrogens (tertiary/aromatic N) is 3. The van der Waals surface area contributed by atoms with Gasteiger partial charge in [0.05, 0.1) is 17.6 Å². The molecular weight excluding hydrogens is 288 g/mol. The van der Waals surface area contributed by atoms with Crippen LogP contribution in [0.2, 0.25) is 0 Å². The lowest BCUT2D eigenvalue weighted by atomic mass is 10.2. The van der Waals surface area contributed by atoms with Crippen LogP contribution in [0.3, 0.4) is 0 Å². The van der Waals surface area contributed by atoms with Gasteiger partial charge >= 0.3 is 0 Å². The number of thiophene rings is 1. The molecule has 0 aliphatic carbocycles. The number of aromatic nitrogens is 3. The summed E-state index contributed by atoms with van der Waals surface area (Å²) in [5, 5.41) is 1.82. The third-order valence-corrected chi connectivity index (χ3v) is 3.91. The van der Waals surface area contributed by atoms with Crippen LogP contribution in [0.15, 0.2) is 40.8 Å². The maximum Gasteiger partial charge on any atom is 0.268 e. The summed E-state index contributed by atoms with van der Waals surface area (Å²) in [4.78, 5) is 36.6. The zero-order valence-electron chi connectivity index (χ0n) is 11.2. The van der Waals surface area contributed by atoms with Crippen molar-refractivity contribution in [1.82, 2.24) is 19.9 Å². The van der Waals surface area contributed by atoms with Gasteiger partial charge in [0.2, 0.25) is 0 Å². The van der Waals surface area contributed by atoms with Gasteiger partial charge in [0, 0.05) is 19.4 Å². The molecule has 6 nitrogen and oxygen atoms in total. The fourth-order valence-electron chi connectivity index (χ4n) is 2.00. The smallest absolute Gasteiger partial charge is 0.268 e. The Morgan fingerprint density at radius 1 is 1.43 bits per heavy atom. The number of rotatable bonds is 3. The van der Waals surface area contributed by atoms with E-state index in [-0.39, 0.29) is 18.0 Å². The second-order valence-corrected chi connectivity index (χ2v) is 5.47. The van der Waals surface area contributed by atoms with Crippen molar-refractivity contribution in [2.45, 2.75) is 6.54 Å². The average Bonchev–Trinajstić information content (AvgIpc) is 2.96. The highest BCUT2D eigenvalue weighted by atomic mass is 32.1. The van der Waals surface area contributed by atoms with E-state index < -0.39 is 0 Å². The van der Waals surface area contributed by atoms with Gasteiger partial charge in [-0.3, -0.25) is 14.6 Å². The first-order chi connectivity index (χ1) is 10.1. The first kappa shape index (κ1) is 13.4. The van der Waals surface area contributed by atoms with Crippen LogP contribution in [-0.4, -0.2) is 32.8 Å². The highest BCUT2D eigenvalue weighted by Gasteiger charge is 2.14. The molecule has 1 N–H and O–H groups in total. The van der Waals surface area contributed by atoms with E-state index in [1.165, 1.54) is 22.4 Å². The van der Waals surface area contributed by atoms with E-state index in [2.05, 4.69) is 15.0 Å². The van der Waals surface area contributed by atoms with E-state index in [0.717, 1.165) is 0 Å². The molecule has 1 amide bonds. The maximum absolute atomic E-state index is 12.2. The van der Waals surface area contributed by atoms with E-state index in [4.69, 9.17) is 0 Å². The lowest BCUT2D eigenvalue weighted by Gasteiger charge is -2.16. The minimum Gasteiger partial charge on any atom is -0.334 e. The van der Waals surface area contributed by atoms with Crippen LogP contribution in [0.25, 0.3) is 10.2 Å². The van der Waals surface area contributed by atoms with Gasteiger partial charge in [-0.2, -0.15) is 0 Å². The van der Waals surface area contributed by atoms with Crippen molar-refractivity contribution in [3.8, 4) is 0 Å². The van der Waals surface area contributed by atoms with Crippen LogP contribution in [0.1, 0.15) is 16.2 Å². The van der Waals surface area contributed by atoms with E-state index >= 15 is 0 Å². The van der Waals surface area contributed by atoms with Crippen molar-refractivity contribution < 1.29 is 4.79 Å². The molecule has 106 valence electrons. The maximum atomic E-state index is 12.2. The molecule has 3 aromatic heterocycles. The zero-order valence-corrected chi connectivity index (χ0v) is 12.1. The molecule has 0 atom stereocenters. The van der Waals surface area contributed by atoms with Crippen molar-refractivity contribution >= 4 is 27.5 Å². The second kappa shape index (κ2) is 5.45. The molecule has 0 radical (unpaired) electrons. The summed E-state index contributed by atoms with van der Waals surface area (Å²) in [6.45, 7) is 0.231. The molecule has 3 rings (SSSR count). The number of aromatic amines is 1. The van der Waals surface area contributed by atoms with Crippen LogP contribution in [0.4, 0.5) is 0 Å². The minimum absolute atomic E-state index is 0.170. The third kappa shape index (κ3) is 2.68. The first-order valence-electron chi connectivity index (χ1n) is 6.27. The molecule has 0 unspecified atom stereocenters. The largest absolute Gasteiger partial charge is 0.334 e. The Kier molecular flexibility index (Phi) is 3.49. The summed E-state index contributed by atoms with van der Waals surface area (Å²) in [6.07, 6.45) is 3.12. The average molecular weight is 300 g/mol. The quantitative estimate of drug-likeness (QED) is 0.797. The van der Waals surface area contributed by atoms with E-state index in [1.807, 2.05) is 5.38 Å². The van der Waals surface area contributed by atoms with E-state index in [9.17, 15) is 9.59 Å². The Hall–Kier alpha value is -2.54. The Balaban J connectivity index is 1.84. The van der Waals surface area contributed by atoms with Gasteiger partial charge in [-0.25, -0.2) is 4.98 Å². The van der Waals surface area contributed by atoms with E-state index in [1.54, 1.807) is 31.4 Å². The highest BCUT2D eigenvalue weighted by molar-refractivity contribution is 7.17. The predicted molar refractivity (Wildman–Crippen MR) is 80.3 cm³/mol. The molecule has 0 aliphatic rings. The molecule has 0 aliphatic heterocycles. The number of carbonyl (C=O) groups is 1. The number of hydrogen-bond donors (Lipinski definition) is 1. The summed E-state index contributed by atoms with van der Waals surface area (Å²) in [6, 6.07) is 5.20. The molecule has 0 saturated heterocycles. The third-order valence-electron chi connectivity index (χ3n) is 3.01. The van der Waals surface area contributed by atoms with Gasteiger partial charge in [0.25, 0.3) is 11.5 Å². The van der Waals surface area contributed by atoms with Gasteiger partial charge in [-0.1, -0.05) is 0 Å². The molecule has 3 aromatic rings. The first-order valence-corrected chi connectivity index (χ1v) is 7.15. The number of hydrogen-bond acceptors (Lipinski definition) is 5. The Morgan fingerprint density at radius 3 is 3.05 bits per heavy atom. The Morgan fingerprint density at radius 2 is 2.29 bits per heavy atom. The molecule has 0 spiro atoms. The fourth-order valence-corrected chi connectivity index (χ4v) is 2.73. The lowest BCUT2D eigenvalue weighted by Crippen LogP contribution is -2.28. The lowest BCUT2D eigenvalue weighted by molar-refractivity contribution is 0.0781. The van der Waals surface area contributed by atoms with Crippen LogP contribution in [-0.2, 0) is 6.54 Å². The SMILES string of the molecule is CN(Cc1nc2ccsc2c(=O)[nH]1)C(=O)c1cccnc1. The zero-order chi connectivity index (χ0) is 14.8. The molecule has 0 saturated carbocycles. The van der Waals surface area contributed by atoms with Gasteiger partial charge in [0.15, 0.2) is 0 Å². The molecular formula is C14H12N4O2S. The van der Waals surface area contributed by atoms with Crippen LogP contribution in [0, 0.1) is 0 Å². The Labute approximate surface area is 124 Å². The highest BCUT2D eigenvalue weighted by Crippen LogP contribution is 2.14. The number of pyridine rings is 1. The summed E-state index contributed by atoms with van der Waals surface area (Å²) < 4.78 is 0.597. The number of fused-ring (bicyclic) bond motifs is 1. The van der Waals surface area contributed by atoms with Crippen molar-refractivity contribution in [3.63, 3.8) is 0 Å².